The van der Waals surface area contributed by atoms with Gasteiger partial charge < -0.3 is 20.1 Å². The predicted molar refractivity (Wildman–Crippen MR) is 105 cm³/mol. The Labute approximate surface area is 169 Å². The fraction of sp³-hybridized carbons (Fsp3) is 0.579. The van der Waals surface area contributed by atoms with Crippen LogP contribution in [0.2, 0.25) is 10.0 Å². The SMILES string of the molecule is COC(=O)NCCc1cc(Cl)c(Cl)c(C(OC(=O)NC(C)(C)C)C2CC2)c1. The number of methoxy groups -OCH3 is 1. The number of hydrogen-bond donors (Lipinski definition) is 2. The Balaban J connectivity index is 2.17. The summed E-state index contributed by atoms with van der Waals surface area (Å²) < 4.78 is 10.3. The molecular weight excluding hydrogens is 391 g/mol. The van der Waals surface area contributed by atoms with E-state index in [0.29, 0.717) is 28.6 Å². The van der Waals surface area contributed by atoms with Gasteiger partial charge >= 0.3 is 12.2 Å². The summed E-state index contributed by atoms with van der Waals surface area (Å²) in [7, 11) is 1.31. The number of halogens is 2. The topological polar surface area (TPSA) is 76.7 Å². The third-order valence-electron chi connectivity index (χ3n) is 4.05. The van der Waals surface area contributed by atoms with Crippen LogP contribution in [-0.2, 0) is 15.9 Å². The number of hydrogen-bond acceptors (Lipinski definition) is 4. The van der Waals surface area contributed by atoms with Gasteiger partial charge in [-0.15, -0.1) is 0 Å². The van der Waals surface area contributed by atoms with Crippen molar-refractivity contribution in [2.75, 3.05) is 13.7 Å². The number of benzene rings is 1. The Hall–Kier alpha value is -1.66. The molecule has 2 amide bonds. The lowest BCUT2D eigenvalue weighted by molar-refractivity contribution is 0.0792. The molecule has 27 heavy (non-hydrogen) atoms. The zero-order valence-electron chi connectivity index (χ0n) is 16.0. The Bertz CT molecular complexity index is 700. The number of carbonyl (C=O) groups excluding carboxylic acids is 2. The Kier molecular flexibility index (Phi) is 7.23. The van der Waals surface area contributed by atoms with E-state index in [4.69, 9.17) is 27.9 Å². The molecule has 8 heteroatoms. The molecular formula is C19H26Cl2N2O4. The zero-order chi connectivity index (χ0) is 20.2. The van der Waals surface area contributed by atoms with Gasteiger partial charge in [-0.3, -0.25) is 0 Å². The van der Waals surface area contributed by atoms with Gasteiger partial charge in [0.05, 0.1) is 17.2 Å². The number of amides is 2. The van der Waals surface area contributed by atoms with E-state index in [1.807, 2.05) is 26.8 Å². The van der Waals surface area contributed by atoms with Crippen molar-refractivity contribution < 1.29 is 19.1 Å². The van der Waals surface area contributed by atoms with Crippen molar-refractivity contribution >= 4 is 35.4 Å². The van der Waals surface area contributed by atoms with E-state index < -0.39 is 23.8 Å². The first-order valence-corrected chi connectivity index (χ1v) is 9.64. The summed E-state index contributed by atoms with van der Waals surface area (Å²) in [5.41, 5.74) is 1.19. The molecule has 6 nitrogen and oxygen atoms in total. The van der Waals surface area contributed by atoms with E-state index in [1.54, 1.807) is 6.07 Å². The first kappa shape index (κ1) is 21.6. The van der Waals surface area contributed by atoms with Gasteiger partial charge in [0, 0.05) is 23.6 Å². The molecule has 0 radical (unpaired) electrons. The number of rotatable bonds is 6. The van der Waals surface area contributed by atoms with Gasteiger partial charge in [-0.1, -0.05) is 29.3 Å². The van der Waals surface area contributed by atoms with E-state index in [-0.39, 0.29) is 5.92 Å². The average Bonchev–Trinajstić information content (AvgIpc) is 3.39. The van der Waals surface area contributed by atoms with Crippen LogP contribution in [0.3, 0.4) is 0 Å². The van der Waals surface area contributed by atoms with Crippen LogP contribution in [0.5, 0.6) is 0 Å². The minimum absolute atomic E-state index is 0.229. The highest BCUT2D eigenvalue weighted by atomic mass is 35.5. The largest absolute Gasteiger partial charge is 0.453 e. The summed E-state index contributed by atoms with van der Waals surface area (Å²) in [5.74, 6) is 0.229. The van der Waals surface area contributed by atoms with Crippen LogP contribution in [0.25, 0.3) is 0 Å². The van der Waals surface area contributed by atoms with Crippen molar-refractivity contribution in [3.05, 3.63) is 33.3 Å². The molecule has 0 saturated heterocycles. The number of nitrogens with one attached hydrogen (secondary N) is 2. The van der Waals surface area contributed by atoms with E-state index in [2.05, 4.69) is 15.4 Å². The summed E-state index contributed by atoms with van der Waals surface area (Å²) in [6, 6.07) is 3.64. The van der Waals surface area contributed by atoms with Crippen LogP contribution in [0, 0.1) is 5.92 Å². The summed E-state index contributed by atoms with van der Waals surface area (Å²) in [6.45, 7) is 6.06. The average molecular weight is 417 g/mol. The molecule has 2 rings (SSSR count). The molecule has 1 unspecified atom stereocenters. The molecule has 1 saturated carbocycles. The molecule has 150 valence electrons. The molecule has 0 spiro atoms. The summed E-state index contributed by atoms with van der Waals surface area (Å²) in [4.78, 5) is 23.5. The lowest BCUT2D eigenvalue weighted by atomic mass is 10.0. The van der Waals surface area contributed by atoms with Crippen molar-refractivity contribution in [3.8, 4) is 0 Å². The first-order valence-electron chi connectivity index (χ1n) is 8.89. The molecule has 1 atom stereocenters. The molecule has 0 aliphatic heterocycles. The minimum atomic E-state index is -0.492. The molecule has 1 aromatic carbocycles. The van der Waals surface area contributed by atoms with E-state index in [0.717, 1.165) is 18.4 Å². The summed E-state index contributed by atoms with van der Waals surface area (Å²) in [6.07, 6.45) is 1.05. The van der Waals surface area contributed by atoms with Gasteiger partial charge in [0.15, 0.2) is 0 Å². The van der Waals surface area contributed by atoms with Crippen LogP contribution in [0.1, 0.15) is 50.8 Å². The number of ether oxygens (including phenoxy) is 2. The van der Waals surface area contributed by atoms with Crippen molar-refractivity contribution in [2.24, 2.45) is 5.92 Å². The van der Waals surface area contributed by atoms with E-state index in [9.17, 15) is 9.59 Å². The molecule has 1 fully saturated rings. The summed E-state index contributed by atoms with van der Waals surface area (Å²) in [5, 5.41) is 6.22. The van der Waals surface area contributed by atoms with Crippen molar-refractivity contribution in [3.63, 3.8) is 0 Å². The van der Waals surface area contributed by atoms with Gasteiger partial charge in [0.2, 0.25) is 0 Å². The molecule has 0 heterocycles. The maximum atomic E-state index is 12.3. The third-order valence-corrected chi connectivity index (χ3v) is 4.87. The zero-order valence-corrected chi connectivity index (χ0v) is 17.5. The lowest BCUT2D eigenvalue weighted by Crippen LogP contribution is -2.41. The second kappa shape index (κ2) is 9.02. The Morgan fingerprint density at radius 3 is 2.44 bits per heavy atom. The van der Waals surface area contributed by atoms with Crippen LogP contribution in [0.4, 0.5) is 9.59 Å². The molecule has 1 aliphatic rings. The molecule has 1 aliphatic carbocycles. The molecule has 0 bridgehead atoms. The normalized spacial score (nSPS) is 15.0. The standard InChI is InChI=1S/C19H26Cl2N2O4/c1-19(2,3)23-18(25)27-16(12-5-6-12)13-9-11(10-14(20)15(13)21)7-8-22-17(24)26-4/h9-10,12,16H,5-8H2,1-4H3,(H,22,24)(H,23,25). The monoisotopic (exact) mass is 416 g/mol. The quantitative estimate of drug-likeness (QED) is 0.693. The number of alkyl carbamates (subject to hydrolysis) is 2. The van der Waals surface area contributed by atoms with Crippen molar-refractivity contribution in [2.45, 2.75) is 51.7 Å². The fourth-order valence-electron chi connectivity index (χ4n) is 2.66. The second-order valence-electron chi connectivity index (χ2n) is 7.69. The highest BCUT2D eigenvalue weighted by Crippen LogP contribution is 2.46. The van der Waals surface area contributed by atoms with Gasteiger partial charge in [-0.25, -0.2) is 9.59 Å². The molecule has 2 N–H and O–H groups in total. The van der Waals surface area contributed by atoms with E-state index in [1.165, 1.54) is 7.11 Å². The lowest BCUT2D eigenvalue weighted by Gasteiger charge is -2.25. The number of carbonyl (C=O) groups is 2. The van der Waals surface area contributed by atoms with Crippen LogP contribution >= 0.6 is 23.2 Å². The fourth-order valence-corrected chi connectivity index (χ4v) is 3.13. The highest BCUT2D eigenvalue weighted by molar-refractivity contribution is 6.42. The first-order chi connectivity index (χ1) is 12.6. The maximum absolute atomic E-state index is 12.3. The van der Waals surface area contributed by atoms with Crippen LogP contribution < -0.4 is 10.6 Å². The van der Waals surface area contributed by atoms with Crippen LogP contribution in [0.15, 0.2) is 12.1 Å². The molecule has 0 aromatic heterocycles. The maximum Gasteiger partial charge on any atom is 0.408 e. The van der Waals surface area contributed by atoms with Crippen molar-refractivity contribution in [1.29, 1.82) is 0 Å². The van der Waals surface area contributed by atoms with Crippen molar-refractivity contribution in [1.82, 2.24) is 10.6 Å². The second-order valence-corrected chi connectivity index (χ2v) is 8.47. The molecule has 1 aromatic rings. The third kappa shape index (κ3) is 6.78. The van der Waals surface area contributed by atoms with Gasteiger partial charge in [-0.2, -0.15) is 0 Å². The van der Waals surface area contributed by atoms with E-state index >= 15 is 0 Å². The highest BCUT2D eigenvalue weighted by Gasteiger charge is 2.37. The Morgan fingerprint density at radius 1 is 1.22 bits per heavy atom. The van der Waals surface area contributed by atoms with Crippen LogP contribution in [-0.4, -0.2) is 31.4 Å². The van der Waals surface area contributed by atoms with Gasteiger partial charge in [0.25, 0.3) is 0 Å². The predicted octanol–water partition coefficient (Wildman–Crippen LogP) is 4.87. The smallest absolute Gasteiger partial charge is 0.408 e. The van der Waals surface area contributed by atoms with Gasteiger partial charge in [0.1, 0.15) is 6.10 Å². The Morgan fingerprint density at radius 2 is 1.89 bits per heavy atom. The summed E-state index contributed by atoms with van der Waals surface area (Å²) >= 11 is 12.7. The minimum Gasteiger partial charge on any atom is -0.453 e. The van der Waals surface area contributed by atoms with Gasteiger partial charge in [-0.05, 0) is 51.7 Å².